The first kappa shape index (κ1) is 11.8. The van der Waals surface area contributed by atoms with Gasteiger partial charge in [0, 0.05) is 5.56 Å². The summed E-state index contributed by atoms with van der Waals surface area (Å²) in [6.07, 6.45) is 1.66. The Morgan fingerprint density at radius 2 is 1.77 bits per heavy atom. The number of phenolic OH excluding ortho intramolecular Hbond substituents is 1. The number of phenols is 1. The van der Waals surface area contributed by atoms with E-state index in [1.54, 1.807) is 6.08 Å². The average Bonchev–Trinajstić information content (AvgIpc) is 2.14. The SMILES string of the molecule is C=Cc1cc(C)cc(C)c1O.CC. The molecule has 0 unspecified atom stereocenters. The number of benzene rings is 1. The number of hydrogen-bond donors (Lipinski definition) is 1. The molecule has 0 aliphatic heterocycles. The summed E-state index contributed by atoms with van der Waals surface area (Å²) in [6, 6.07) is 3.86. The van der Waals surface area contributed by atoms with E-state index in [0.717, 1.165) is 16.7 Å². The molecule has 1 heteroatoms. The van der Waals surface area contributed by atoms with Crippen LogP contribution < -0.4 is 0 Å². The van der Waals surface area contributed by atoms with Crippen molar-refractivity contribution in [1.29, 1.82) is 0 Å². The van der Waals surface area contributed by atoms with Crippen LogP contribution in [-0.4, -0.2) is 5.11 Å². The highest BCUT2D eigenvalue weighted by Gasteiger charge is 2.00. The normalized spacial score (nSPS) is 8.62. The van der Waals surface area contributed by atoms with E-state index in [0.29, 0.717) is 5.75 Å². The Morgan fingerprint density at radius 1 is 1.23 bits per heavy atom. The Morgan fingerprint density at radius 3 is 2.23 bits per heavy atom. The molecule has 72 valence electrons. The van der Waals surface area contributed by atoms with Gasteiger partial charge in [0.05, 0.1) is 0 Å². The Kier molecular flexibility index (Phi) is 4.90. The fourth-order valence-corrected chi connectivity index (χ4v) is 1.15. The quantitative estimate of drug-likeness (QED) is 0.695. The monoisotopic (exact) mass is 178 g/mol. The lowest BCUT2D eigenvalue weighted by Crippen LogP contribution is -1.82. The van der Waals surface area contributed by atoms with Gasteiger partial charge >= 0.3 is 0 Å². The van der Waals surface area contributed by atoms with Crippen LogP contribution in [0.2, 0.25) is 0 Å². The number of aryl methyl sites for hydroxylation is 2. The fraction of sp³-hybridized carbons (Fsp3) is 0.333. The standard InChI is InChI=1S/C10H12O.C2H6/c1-4-9-6-7(2)5-8(3)10(9)11;1-2/h4-6,11H,1H2,2-3H3;1-2H3. The molecule has 1 nitrogen and oxygen atoms in total. The molecule has 0 heterocycles. The molecule has 0 saturated carbocycles. The lowest BCUT2D eigenvalue weighted by molar-refractivity contribution is 0.469. The summed E-state index contributed by atoms with van der Waals surface area (Å²) in [5, 5.41) is 9.45. The highest BCUT2D eigenvalue weighted by Crippen LogP contribution is 2.24. The van der Waals surface area contributed by atoms with E-state index in [4.69, 9.17) is 0 Å². The second kappa shape index (κ2) is 5.41. The van der Waals surface area contributed by atoms with Crippen molar-refractivity contribution in [3.8, 4) is 5.75 Å². The lowest BCUT2D eigenvalue weighted by atomic mass is 10.1. The van der Waals surface area contributed by atoms with E-state index in [1.165, 1.54) is 0 Å². The average molecular weight is 178 g/mol. The molecule has 1 rings (SSSR count). The summed E-state index contributed by atoms with van der Waals surface area (Å²) in [5.74, 6) is 0.339. The van der Waals surface area contributed by atoms with Gasteiger partial charge in [0.25, 0.3) is 0 Å². The molecule has 13 heavy (non-hydrogen) atoms. The minimum absolute atomic E-state index is 0.339. The minimum Gasteiger partial charge on any atom is -0.507 e. The van der Waals surface area contributed by atoms with Crippen molar-refractivity contribution in [3.05, 3.63) is 35.4 Å². The molecule has 0 aromatic heterocycles. The molecule has 0 atom stereocenters. The zero-order valence-electron chi connectivity index (χ0n) is 8.89. The Hall–Kier alpha value is -1.24. The molecule has 0 radical (unpaired) electrons. The summed E-state index contributed by atoms with van der Waals surface area (Å²) >= 11 is 0. The summed E-state index contributed by atoms with van der Waals surface area (Å²) in [7, 11) is 0. The zero-order chi connectivity index (χ0) is 10.4. The second-order valence-electron chi connectivity index (χ2n) is 2.72. The van der Waals surface area contributed by atoms with Crippen molar-refractivity contribution in [1.82, 2.24) is 0 Å². The van der Waals surface area contributed by atoms with Crippen molar-refractivity contribution in [2.75, 3.05) is 0 Å². The van der Waals surface area contributed by atoms with E-state index in [-0.39, 0.29) is 0 Å². The van der Waals surface area contributed by atoms with Crippen LogP contribution in [0.1, 0.15) is 30.5 Å². The highest BCUT2D eigenvalue weighted by molar-refractivity contribution is 5.58. The summed E-state index contributed by atoms with van der Waals surface area (Å²) in [6.45, 7) is 11.5. The predicted octanol–water partition coefficient (Wildman–Crippen LogP) is 3.68. The van der Waals surface area contributed by atoms with Crippen molar-refractivity contribution in [2.24, 2.45) is 0 Å². The van der Waals surface area contributed by atoms with Crippen LogP contribution in [0.15, 0.2) is 18.7 Å². The van der Waals surface area contributed by atoms with Crippen molar-refractivity contribution in [2.45, 2.75) is 27.7 Å². The molecule has 0 amide bonds. The van der Waals surface area contributed by atoms with E-state index in [1.807, 2.05) is 39.8 Å². The Balaban J connectivity index is 0.000000671. The second-order valence-corrected chi connectivity index (χ2v) is 2.72. The maximum Gasteiger partial charge on any atom is 0.125 e. The predicted molar refractivity (Wildman–Crippen MR) is 59.0 cm³/mol. The van der Waals surface area contributed by atoms with Gasteiger partial charge in [-0.3, -0.25) is 0 Å². The first-order valence-electron chi connectivity index (χ1n) is 4.58. The Bertz CT molecular complexity index is 287. The van der Waals surface area contributed by atoms with Crippen molar-refractivity contribution < 1.29 is 5.11 Å². The van der Waals surface area contributed by atoms with E-state index >= 15 is 0 Å². The first-order chi connectivity index (χ1) is 6.15. The topological polar surface area (TPSA) is 20.2 Å². The largest absolute Gasteiger partial charge is 0.507 e. The number of aromatic hydroxyl groups is 1. The van der Waals surface area contributed by atoms with Gasteiger partial charge in [-0.2, -0.15) is 0 Å². The molecule has 0 aliphatic carbocycles. The smallest absolute Gasteiger partial charge is 0.125 e. The molecule has 0 aliphatic rings. The van der Waals surface area contributed by atoms with Gasteiger partial charge in [-0.1, -0.05) is 38.1 Å². The van der Waals surface area contributed by atoms with Crippen LogP contribution in [0.4, 0.5) is 0 Å². The van der Waals surface area contributed by atoms with Crippen LogP contribution in [0.5, 0.6) is 5.75 Å². The van der Waals surface area contributed by atoms with Crippen LogP contribution in [-0.2, 0) is 0 Å². The molecule has 0 saturated heterocycles. The summed E-state index contributed by atoms with van der Waals surface area (Å²) < 4.78 is 0. The lowest BCUT2D eigenvalue weighted by Gasteiger charge is -2.03. The fourth-order valence-electron chi connectivity index (χ4n) is 1.15. The van der Waals surface area contributed by atoms with E-state index in [9.17, 15) is 5.11 Å². The minimum atomic E-state index is 0.339. The summed E-state index contributed by atoms with van der Waals surface area (Å²) in [5.41, 5.74) is 2.86. The molecule has 1 N–H and O–H groups in total. The third kappa shape index (κ3) is 2.94. The molecule has 1 aromatic rings. The van der Waals surface area contributed by atoms with Gasteiger partial charge in [0.1, 0.15) is 5.75 Å². The van der Waals surface area contributed by atoms with Crippen LogP contribution in [0.25, 0.3) is 6.08 Å². The van der Waals surface area contributed by atoms with Crippen LogP contribution in [0.3, 0.4) is 0 Å². The third-order valence-electron chi connectivity index (χ3n) is 1.69. The van der Waals surface area contributed by atoms with Crippen molar-refractivity contribution in [3.63, 3.8) is 0 Å². The van der Waals surface area contributed by atoms with E-state index < -0.39 is 0 Å². The van der Waals surface area contributed by atoms with E-state index in [2.05, 4.69) is 6.58 Å². The van der Waals surface area contributed by atoms with Crippen molar-refractivity contribution >= 4 is 6.08 Å². The number of hydrogen-bond acceptors (Lipinski definition) is 1. The molecule has 0 spiro atoms. The van der Waals surface area contributed by atoms with Crippen LogP contribution in [0, 0.1) is 13.8 Å². The third-order valence-corrected chi connectivity index (χ3v) is 1.69. The zero-order valence-corrected chi connectivity index (χ0v) is 8.89. The van der Waals surface area contributed by atoms with Gasteiger partial charge < -0.3 is 5.11 Å². The molecular formula is C12H18O. The molecule has 0 fully saturated rings. The van der Waals surface area contributed by atoms with Gasteiger partial charge in [-0.25, -0.2) is 0 Å². The first-order valence-corrected chi connectivity index (χ1v) is 4.58. The van der Waals surface area contributed by atoms with Crippen LogP contribution >= 0.6 is 0 Å². The molecular weight excluding hydrogens is 160 g/mol. The molecule has 0 bridgehead atoms. The van der Waals surface area contributed by atoms with Gasteiger partial charge in [-0.15, -0.1) is 0 Å². The van der Waals surface area contributed by atoms with Gasteiger partial charge in [-0.05, 0) is 25.5 Å². The molecule has 1 aromatic carbocycles. The number of rotatable bonds is 1. The van der Waals surface area contributed by atoms with Gasteiger partial charge in [0.2, 0.25) is 0 Å². The highest BCUT2D eigenvalue weighted by atomic mass is 16.3. The Labute approximate surface area is 80.7 Å². The maximum absolute atomic E-state index is 9.45. The summed E-state index contributed by atoms with van der Waals surface area (Å²) in [4.78, 5) is 0. The maximum atomic E-state index is 9.45. The van der Waals surface area contributed by atoms with Gasteiger partial charge in [0.15, 0.2) is 0 Å².